The van der Waals surface area contributed by atoms with Crippen LogP contribution in [0.2, 0.25) is 0 Å². The molecule has 0 aliphatic carbocycles. The van der Waals surface area contributed by atoms with E-state index in [0.29, 0.717) is 12.2 Å². The number of carbonyl (C=O) groups excluding carboxylic acids is 1. The van der Waals surface area contributed by atoms with E-state index in [4.69, 9.17) is 9.84 Å². The molecule has 0 saturated carbocycles. The quantitative estimate of drug-likeness (QED) is 0.808. The number of benzene rings is 1. The highest BCUT2D eigenvalue weighted by molar-refractivity contribution is 5.78. The highest BCUT2D eigenvalue weighted by Crippen LogP contribution is 2.16. The van der Waals surface area contributed by atoms with E-state index in [1.165, 1.54) is 0 Å². The fraction of sp³-hybridized carbons (Fsp3) is 0.500. The van der Waals surface area contributed by atoms with Gasteiger partial charge in [0.15, 0.2) is 6.61 Å². The Labute approximate surface area is 108 Å². The minimum absolute atomic E-state index is 0.0142. The molecule has 0 radical (unpaired) electrons. The van der Waals surface area contributed by atoms with Crippen molar-refractivity contribution >= 4 is 5.91 Å². The lowest BCUT2D eigenvalue weighted by atomic mass is 10.0. The number of nitrogens with one attached hydrogen (secondary N) is 1. The maximum atomic E-state index is 11.7. The van der Waals surface area contributed by atoms with E-state index in [0.717, 1.165) is 5.56 Å². The molecule has 0 atom stereocenters. The third-order valence-corrected chi connectivity index (χ3v) is 2.67. The van der Waals surface area contributed by atoms with Crippen LogP contribution in [0.3, 0.4) is 0 Å². The molecule has 18 heavy (non-hydrogen) atoms. The van der Waals surface area contributed by atoms with Crippen LogP contribution in [0, 0.1) is 6.92 Å². The van der Waals surface area contributed by atoms with Gasteiger partial charge in [0.1, 0.15) is 5.75 Å². The molecule has 0 bridgehead atoms. The van der Waals surface area contributed by atoms with Crippen molar-refractivity contribution in [3.63, 3.8) is 0 Å². The van der Waals surface area contributed by atoms with Gasteiger partial charge in [0.2, 0.25) is 0 Å². The lowest BCUT2D eigenvalue weighted by Gasteiger charge is -2.25. The maximum absolute atomic E-state index is 11.7. The molecule has 0 spiro atoms. The summed E-state index contributed by atoms with van der Waals surface area (Å²) in [4.78, 5) is 11.7. The third-order valence-electron chi connectivity index (χ3n) is 2.67. The summed E-state index contributed by atoms with van der Waals surface area (Å²) in [5.74, 6) is 0.532. The number of aliphatic hydroxyl groups is 1. The number of rotatable bonds is 6. The molecule has 0 aliphatic rings. The first-order chi connectivity index (χ1) is 8.44. The minimum Gasteiger partial charge on any atom is -0.484 e. The largest absolute Gasteiger partial charge is 0.484 e. The van der Waals surface area contributed by atoms with E-state index in [1.54, 1.807) is 0 Å². The zero-order valence-corrected chi connectivity index (χ0v) is 11.2. The molecular weight excluding hydrogens is 230 g/mol. The standard InChI is InChI=1S/C14H21NO3/c1-11-6-4-5-7-12(11)18-10-13(17)15-14(2,3)8-9-16/h4-7,16H,8-10H2,1-3H3,(H,15,17). The van der Waals surface area contributed by atoms with Crippen LogP contribution in [-0.4, -0.2) is 29.8 Å². The monoisotopic (exact) mass is 251 g/mol. The van der Waals surface area contributed by atoms with Gasteiger partial charge in [0, 0.05) is 12.1 Å². The molecule has 0 fully saturated rings. The molecule has 4 heteroatoms. The van der Waals surface area contributed by atoms with Crippen molar-refractivity contribution in [2.24, 2.45) is 0 Å². The first-order valence-electron chi connectivity index (χ1n) is 6.05. The summed E-state index contributed by atoms with van der Waals surface area (Å²) in [6.07, 6.45) is 0.517. The molecular formula is C14H21NO3. The Balaban J connectivity index is 2.45. The highest BCUT2D eigenvalue weighted by Gasteiger charge is 2.19. The summed E-state index contributed by atoms with van der Waals surface area (Å²) in [5.41, 5.74) is 0.584. The molecule has 2 N–H and O–H groups in total. The van der Waals surface area contributed by atoms with Gasteiger partial charge in [0.25, 0.3) is 5.91 Å². The van der Waals surface area contributed by atoms with Crippen molar-refractivity contribution in [1.82, 2.24) is 5.32 Å². The van der Waals surface area contributed by atoms with Gasteiger partial charge in [-0.2, -0.15) is 0 Å². The van der Waals surface area contributed by atoms with Gasteiger partial charge >= 0.3 is 0 Å². The molecule has 0 unspecified atom stereocenters. The molecule has 0 heterocycles. The van der Waals surface area contributed by atoms with Crippen LogP contribution >= 0.6 is 0 Å². The van der Waals surface area contributed by atoms with Crippen LogP contribution < -0.4 is 10.1 Å². The van der Waals surface area contributed by atoms with Crippen molar-refractivity contribution < 1.29 is 14.6 Å². The number of carbonyl (C=O) groups is 1. The zero-order chi connectivity index (χ0) is 13.6. The normalized spacial score (nSPS) is 11.1. The summed E-state index contributed by atoms with van der Waals surface area (Å²) >= 11 is 0. The van der Waals surface area contributed by atoms with Crippen LogP contribution in [0.5, 0.6) is 5.75 Å². The SMILES string of the molecule is Cc1ccccc1OCC(=O)NC(C)(C)CCO. The van der Waals surface area contributed by atoms with E-state index >= 15 is 0 Å². The topological polar surface area (TPSA) is 58.6 Å². The number of amides is 1. The first kappa shape index (κ1) is 14.5. The number of aliphatic hydroxyl groups excluding tert-OH is 1. The van der Waals surface area contributed by atoms with Crippen LogP contribution in [0.15, 0.2) is 24.3 Å². The smallest absolute Gasteiger partial charge is 0.258 e. The Morgan fingerprint density at radius 3 is 2.67 bits per heavy atom. The molecule has 1 amide bonds. The van der Waals surface area contributed by atoms with Crippen molar-refractivity contribution in [3.8, 4) is 5.75 Å². The van der Waals surface area contributed by atoms with Gasteiger partial charge < -0.3 is 15.2 Å². The summed E-state index contributed by atoms with van der Waals surface area (Å²) in [6.45, 7) is 5.71. The van der Waals surface area contributed by atoms with Crippen LogP contribution in [-0.2, 0) is 4.79 Å². The molecule has 100 valence electrons. The van der Waals surface area contributed by atoms with E-state index in [-0.39, 0.29) is 19.1 Å². The lowest BCUT2D eigenvalue weighted by molar-refractivity contribution is -0.124. The molecule has 4 nitrogen and oxygen atoms in total. The van der Waals surface area contributed by atoms with Gasteiger partial charge in [0.05, 0.1) is 0 Å². The molecule has 0 aliphatic heterocycles. The first-order valence-corrected chi connectivity index (χ1v) is 6.05. The summed E-state index contributed by atoms with van der Waals surface area (Å²) in [7, 11) is 0. The van der Waals surface area contributed by atoms with Gasteiger partial charge in [-0.15, -0.1) is 0 Å². The Bertz CT molecular complexity index is 402. The number of aryl methyl sites for hydroxylation is 1. The Morgan fingerprint density at radius 2 is 2.06 bits per heavy atom. The summed E-state index contributed by atoms with van der Waals surface area (Å²) < 4.78 is 5.45. The molecule has 1 rings (SSSR count). The average molecular weight is 251 g/mol. The molecule has 0 aromatic heterocycles. The predicted molar refractivity (Wildman–Crippen MR) is 70.6 cm³/mol. The highest BCUT2D eigenvalue weighted by atomic mass is 16.5. The predicted octanol–water partition coefficient (Wildman–Crippen LogP) is 1.65. The lowest BCUT2D eigenvalue weighted by Crippen LogP contribution is -2.46. The number of hydrogen-bond acceptors (Lipinski definition) is 3. The second kappa shape index (κ2) is 6.40. The maximum Gasteiger partial charge on any atom is 0.258 e. The fourth-order valence-corrected chi connectivity index (χ4v) is 1.62. The third kappa shape index (κ3) is 4.75. The van der Waals surface area contributed by atoms with Crippen molar-refractivity contribution in [2.45, 2.75) is 32.7 Å². The molecule has 1 aromatic carbocycles. The van der Waals surface area contributed by atoms with E-state index in [9.17, 15) is 4.79 Å². The average Bonchev–Trinajstić information content (AvgIpc) is 2.27. The van der Waals surface area contributed by atoms with Gasteiger partial charge in [-0.05, 0) is 38.8 Å². The minimum atomic E-state index is -0.416. The Morgan fingerprint density at radius 1 is 1.39 bits per heavy atom. The van der Waals surface area contributed by atoms with Crippen LogP contribution in [0.25, 0.3) is 0 Å². The Hall–Kier alpha value is -1.55. The van der Waals surface area contributed by atoms with Gasteiger partial charge in [-0.1, -0.05) is 18.2 Å². The van der Waals surface area contributed by atoms with Gasteiger partial charge in [-0.25, -0.2) is 0 Å². The molecule has 0 saturated heterocycles. The number of hydrogen-bond donors (Lipinski definition) is 2. The number of para-hydroxylation sites is 1. The van der Waals surface area contributed by atoms with E-state index in [2.05, 4.69) is 5.32 Å². The van der Waals surface area contributed by atoms with Crippen molar-refractivity contribution in [3.05, 3.63) is 29.8 Å². The molecule has 1 aromatic rings. The second-order valence-corrected chi connectivity index (χ2v) is 4.96. The summed E-state index contributed by atoms with van der Waals surface area (Å²) in [6, 6.07) is 7.56. The fourth-order valence-electron chi connectivity index (χ4n) is 1.62. The Kier molecular flexibility index (Phi) is 5.16. The van der Waals surface area contributed by atoms with Crippen molar-refractivity contribution in [2.75, 3.05) is 13.2 Å². The van der Waals surface area contributed by atoms with E-state index < -0.39 is 5.54 Å². The zero-order valence-electron chi connectivity index (χ0n) is 11.2. The number of ether oxygens (including phenoxy) is 1. The van der Waals surface area contributed by atoms with Crippen LogP contribution in [0.1, 0.15) is 25.8 Å². The van der Waals surface area contributed by atoms with Gasteiger partial charge in [-0.3, -0.25) is 4.79 Å². The van der Waals surface area contributed by atoms with Crippen molar-refractivity contribution in [1.29, 1.82) is 0 Å². The van der Waals surface area contributed by atoms with Crippen LogP contribution in [0.4, 0.5) is 0 Å². The summed E-state index contributed by atoms with van der Waals surface area (Å²) in [5, 5.41) is 11.7. The van der Waals surface area contributed by atoms with E-state index in [1.807, 2.05) is 45.0 Å². The second-order valence-electron chi connectivity index (χ2n) is 4.96.